The molecule has 4 nitrogen and oxygen atoms in total. The monoisotopic (exact) mass is 265 g/mol. The smallest absolute Gasteiger partial charge is 0.158 e. The van der Waals surface area contributed by atoms with Gasteiger partial charge < -0.3 is 10.1 Å². The number of nitrogens with one attached hydrogen (secondary N) is 1. The number of aryl methyl sites for hydroxylation is 1. The van der Waals surface area contributed by atoms with Crippen LogP contribution in [0.1, 0.15) is 42.1 Å². The Kier molecular flexibility index (Phi) is 3.82. The zero-order valence-electron chi connectivity index (χ0n) is 10.7. The molecule has 2 heterocycles. The number of aromatic nitrogens is 2. The summed E-state index contributed by atoms with van der Waals surface area (Å²) >= 11 is 1.92. The van der Waals surface area contributed by atoms with Gasteiger partial charge in [-0.3, -0.25) is 0 Å². The Bertz CT molecular complexity index is 421. The number of thioether (sulfide) groups is 1. The molecule has 98 valence electrons. The van der Waals surface area contributed by atoms with Crippen LogP contribution in [0.25, 0.3) is 0 Å². The standard InChI is InChI=1S/C13H19N3OS/c1-14-10-3-2-4-11-9(10)7-15-13(16-11)12-8-18-6-5-17-12/h7,10,12,14H,2-6,8H2,1H3. The third kappa shape index (κ3) is 2.39. The highest BCUT2D eigenvalue weighted by molar-refractivity contribution is 7.99. The molecule has 0 radical (unpaired) electrons. The first-order valence-corrected chi connectivity index (χ1v) is 7.76. The predicted molar refractivity (Wildman–Crippen MR) is 72.8 cm³/mol. The van der Waals surface area contributed by atoms with Crippen molar-refractivity contribution in [3.05, 3.63) is 23.3 Å². The SMILES string of the molecule is CNC1CCCc2nc(C3CSCCO3)ncc21. The first-order valence-electron chi connectivity index (χ1n) is 6.61. The molecule has 1 N–H and O–H groups in total. The van der Waals surface area contributed by atoms with E-state index in [0.717, 1.165) is 30.4 Å². The highest BCUT2D eigenvalue weighted by Crippen LogP contribution is 2.30. The van der Waals surface area contributed by atoms with Gasteiger partial charge in [-0.15, -0.1) is 0 Å². The molecule has 2 unspecified atom stereocenters. The largest absolute Gasteiger partial charge is 0.368 e. The van der Waals surface area contributed by atoms with Gasteiger partial charge >= 0.3 is 0 Å². The van der Waals surface area contributed by atoms with E-state index in [9.17, 15) is 0 Å². The van der Waals surface area contributed by atoms with E-state index in [1.165, 1.54) is 24.1 Å². The van der Waals surface area contributed by atoms with E-state index in [-0.39, 0.29) is 6.10 Å². The Hall–Kier alpha value is -0.650. The fraction of sp³-hybridized carbons (Fsp3) is 0.692. The summed E-state index contributed by atoms with van der Waals surface area (Å²) in [7, 11) is 2.01. The van der Waals surface area contributed by atoms with Crippen molar-refractivity contribution in [3.8, 4) is 0 Å². The van der Waals surface area contributed by atoms with Gasteiger partial charge in [0.15, 0.2) is 5.82 Å². The third-order valence-corrected chi connectivity index (χ3v) is 4.65. The zero-order chi connectivity index (χ0) is 12.4. The van der Waals surface area contributed by atoms with E-state index in [1.807, 2.05) is 25.0 Å². The van der Waals surface area contributed by atoms with Gasteiger partial charge in [0.05, 0.1) is 6.61 Å². The Labute approximate surface area is 112 Å². The van der Waals surface area contributed by atoms with Crippen molar-refractivity contribution < 1.29 is 4.74 Å². The zero-order valence-corrected chi connectivity index (χ0v) is 11.5. The van der Waals surface area contributed by atoms with Crippen molar-refractivity contribution in [2.75, 3.05) is 25.2 Å². The number of nitrogens with zero attached hydrogens (tertiary/aromatic N) is 2. The molecular weight excluding hydrogens is 246 g/mol. The fourth-order valence-corrected chi connectivity index (χ4v) is 3.49. The van der Waals surface area contributed by atoms with Gasteiger partial charge in [-0.1, -0.05) is 0 Å². The first kappa shape index (κ1) is 12.4. The molecule has 1 saturated heterocycles. The average Bonchev–Trinajstić information content (AvgIpc) is 2.47. The Balaban J connectivity index is 1.85. The highest BCUT2D eigenvalue weighted by Gasteiger charge is 2.24. The van der Waals surface area contributed by atoms with Crippen LogP contribution in [-0.4, -0.2) is 35.1 Å². The van der Waals surface area contributed by atoms with Gasteiger partial charge in [-0.25, -0.2) is 9.97 Å². The summed E-state index contributed by atoms with van der Waals surface area (Å²) < 4.78 is 5.75. The number of ether oxygens (including phenoxy) is 1. The van der Waals surface area contributed by atoms with Crippen molar-refractivity contribution in [2.45, 2.75) is 31.4 Å². The molecule has 0 amide bonds. The van der Waals surface area contributed by atoms with Gasteiger partial charge in [0.25, 0.3) is 0 Å². The predicted octanol–water partition coefficient (Wildman–Crippen LogP) is 1.88. The molecule has 0 spiro atoms. The lowest BCUT2D eigenvalue weighted by Gasteiger charge is -2.26. The summed E-state index contributed by atoms with van der Waals surface area (Å²) in [5, 5.41) is 3.34. The van der Waals surface area contributed by atoms with Crippen molar-refractivity contribution in [1.29, 1.82) is 0 Å². The molecule has 1 aromatic heterocycles. The van der Waals surface area contributed by atoms with Crippen LogP contribution in [0.15, 0.2) is 6.20 Å². The Morgan fingerprint density at radius 1 is 1.50 bits per heavy atom. The molecule has 1 aliphatic heterocycles. The van der Waals surface area contributed by atoms with Crippen molar-refractivity contribution in [1.82, 2.24) is 15.3 Å². The third-order valence-electron chi connectivity index (χ3n) is 3.65. The second-order valence-electron chi connectivity index (χ2n) is 4.80. The van der Waals surface area contributed by atoms with Gasteiger partial charge in [0, 0.05) is 35.0 Å². The molecule has 5 heteroatoms. The van der Waals surface area contributed by atoms with E-state index >= 15 is 0 Å². The maximum Gasteiger partial charge on any atom is 0.158 e. The normalized spacial score (nSPS) is 27.8. The van der Waals surface area contributed by atoms with Gasteiger partial charge in [0.1, 0.15) is 6.10 Å². The van der Waals surface area contributed by atoms with E-state index < -0.39 is 0 Å². The van der Waals surface area contributed by atoms with Gasteiger partial charge in [-0.05, 0) is 26.3 Å². The van der Waals surface area contributed by atoms with Crippen LogP contribution in [0, 0.1) is 0 Å². The molecule has 1 fully saturated rings. The minimum atomic E-state index is 0.0870. The lowest BCUT2D eigenvalue weighted by atomic mass is 9.92. The second-order valence-corrected chi connectivity index (χ2v) is 5.95. The maximum atomic E-state index is 5.75. The second kappa shape index (κ2) is 5.55. The van der Waals surface area contributed by atoms with Gasteiger partial charge in [0.2, 0.25) is 0 Å². The Morgan fingerprint density at radius 2 is 2.44 bits per heavy atom. The van der Waals surface area contributed by atoms with Crippen molar-refractivity contribution in [3.63, 3.8) is 0 Å². The number of hydrogen-bond acceptors (Lipinski definition) is 5. The van der Waals surface area contributed by atoms with Crippen LogP contribution in [0.3, 0.4) is 0 Å². The summed E-state index contributed by atoms with van der Waals surface area (Å²) in [6, 6.07) is 0.421. The molecule has 2 aliphatic rings. The van der Waals surface area contributed by atoms with Crippen LogP contribution >= 0.6 is 11.8 Å². The summed E-state index contributed by atoms with van der Waals surface area (Å²) in [5.74, 6) is 2.94. The lowest BCUT2D eigenvalue weighted by molar-refractivity contribution is 0.0691. The number of rotatable bonds is 2. The van der Waals surface area contributed by atoms with Crippen LogP contribution < -0.4 is 5.32 Å². The summed E-state index contributed by atoms with van der Waals surface area (Å²) in [5.41, 5.74) is 2.49. The van der Waals surface area contributed by atoms with E-state index in [1.54, 1.807) is 0 Å². The summed E-state index contributed by atoms with van der Waals surface area (Å²) in [6.07, 6.45) is 5.55. The molecule has 18 heavy (non-hydrogen) atoms. The van der Waals surface area contributed by atoms with Crippen LogP contribution in [0.4, 0.5) is 0 Å². The first-order chi connectivity index (χ1) is 8.88. The molecule has 2 atom stereocenters. The minimum Gasteiger partial charge on any atom is -0.368 e. The van der Waals surface area contributed by atoms with Gasteiger partial charge in [-0.2, -0.15) is 11.8 Å². The highest BCUT2D eigenvalue weighted by atomic mass is 32.2. The van der Waals surface area contributed by atoms with Crippen LogP contribution in [-0.2, 0) is 11.2 Å². The number of hydrogen-bond donors (Lipinski definition) is 1. The molecule has 1 aromatic rings. The quantitative estimate of drug-likeness (QED) is 0.884. The molecule has 0 bridgehead atoms. The van der Waals surface area contributed by atoms with E-state index in [2.05, 4.69) is 10.3 Å². The average molecular weight is 265 g/mol. The lowest BCUT2D eigenvalue weighted by Crippen LogP contribution is -2.25. The molecular formula is C13H19N3OS. The van der Waals surface area contributed by atoms with E-state index in [4.69, 9.17) is 9.72 Å². The molecule has 3 rings (SSSR count). The molecule has 0 saturated carbocycles. The minimum absolute atomic E-state index is 0.0870. The van der Waals surface area contributed by atoms with Crippen molar-refractivity contribution >= 4 is 11.8 Å². The molecule has 0 aromatic carbocycles. The maximum absolute atomic E-state index is 5.75. The van der Waals surface area contributed by atoms with Crippen LogP contribution in [0.5, 0.6) is 0 Å². The Morgan fingerprint density at radius 3 is 3.22 bits per heavy atom. The summed E-state index contributed by atoms with van der Waals surface area (Å²) in [4.78, 5) is 9.27. The van der Waals surface area contributed by atoms with Crippen LogP contribution in [0.2, 0.25) is 0 Å². The van der Waals surface area contributed by atoms with E-state index in [0.29, 0.717) is 6.04 Å². The topological polar surface area (TPSA) is 47.0 Å². The van der Waals surface area contributed by atoms with Crippen molar-refractivity contribution in [2.24, 2.45) is 0 Å². The number of fused-ring (bicyclic) bond motifs is 1. The molecule has 1 aliphatic carbocycles. The summed E-state index contributed by atoms with van der Waals surface area (Å²) in [6.45, 7) is 0.814. The fourth-order valence-electron chi connectivity index (χ4n) is 2.65.